The maximum atomic E-state index is 12.3. The summed E-state index contributed by atoms with van der Waals surface area (Å²) >= 11 is 0. The van der Waals surface area contributed by atoms with E-state index in [-0.39, 0.29) is 24.3 Å². The molecule has 2 rings (SSSR count). The number of aromatic nitrogens is 2. The van der Waals surface area contributed by atoms with Crippen molar-refractivity contribution in [2.75, 3.05) is 18.9 Å². The zero-order valence-electron chi connectivity index (χ0n) is 18.3. The quantitative estimate of drug-likeness (QED) is 0.108. The van der Waals surface area contributed by atoms with Crippen LogP contribution in [0.15, 0.2) is 23.0 Å². The Morgan fingerprint density at radius 3 is 2.51 bits per heavy atom. The molecule has 19 nitrogen and oxygen atoms in total. The number of nitrogens with two attached hydrogens (primary N) is 1. The molecular weight excluding hydrogens is 589 g/mol. The highest BCUT2D eigenvalue weighted by Crippen LogP contribution is 2.66. The predicted molar refractivity (Wildman–Crippen MR) is 121 cm³/mol. The molecule has 0 aliphatic carbocycles. The van der Waals surface area contributed by atoms with Crippen molar-refractivity contribution < 1.29 is 64.7 Å². The Balaban J connectivity index is 2.10. The van der Waals surface area contributed by atoms with Gasteiger partial charge >= 0.3 is 29.2 Å². The van der Waals surface area contributed by atoms with Gasteiger partial charge in [-0.25, -0.2) is 26.9 Å². The number of phosphoric ester groups is 1. The van der Waals surface area contributed by atoms with Gasteiger partial charge in [0.15, 0.2) is 0 Å². The molecular formula is C14H21N4O15P3S. The van der Waals surface area contributed by atoms with Crippen LogP contribution >= 0.6 is 23.5 Å². The Bertz CT molecular complexity index is 1400. The molecule has 2 heterocycles. The molecule has 0 saturated carbocycles. The van der Waals surface area contributed by atoms with E-state index in [2.05, 4.69) is 41.3 Å². The van der Waals surface area contributed by atoms with E-state index in [4.69, 9.17) is 25.2 Å². The van der Waals surface area contributed by atoms with Gasteiger partial charge in [0.25, 0.3) is 0 Å². The Hall–Kier alpha value is -1.78. The van der Waals surface area contributed by atoms with Gasteiger partial charge in [-0.2, -0.15) is 18.3 Å². The molecule has 1 fully saturated rings. The van der Waals surface area contributed by atoms with Crippen molar-refractivity contribution in [3.63, 3.8) is 0 Å². The minimum Gasteiger partial charge on any atom is -0.390 e. The molecule has 1 aliphatic rings. The number of nitrogen functional groups attached to an aromatic ring is 1. The van der Waals surface area contributed by atoms with Crippen LogP contribution in [0, 0.1) is 11.8 Å². The number of anilines is 1. The molecule has 1 aromatic rings. The second-order valence-electron chi connectivity index (χ2n) is 6.88. The summed E-state index contributed by atoms with van der Waals surface area (Å²) < 4.78 is 76.4. The van der Waals surface area contributed by atoms with Crippen LogP contribution in [0.4, 0.5) is 5.82 Å². The maximum absolute atomic E-state index is 12.3. The van der Waals surface area contributed by atoms with Gasteiger partial charge < -0.3 is 35.2 Å². The summed E-state index contributed by atoms with van der Waals surface area (Å²) in [7, 11) is -20.5. The van der Waals surface area contributed by atoms with Crippen LogP contribution in [0.25, 0.3) is 0 Å². The second-order valence-corrected chi connectivity index (χ2v) is 13.0. The molecule has 1 aromatic heterocycles. The van der Waals surface area contributed by atoms with Crippen LogP contribution in [-0.2, 0) is 41.6 Å². The van der Waals surface area contributed by atoms with E-state index >= 15 is 0 Å². The van der Waals surface area contributed by atoms with Crippen LogP contribution in [-0.4, -0.2) is 68.0 Å². The normalized spacial score (nSPS) is 23.4. The van der Waals surface area contributed by atoms with Gasteiger partial charge in [0, 0.05) is 18.0 Å². The van der Waals surface area contributed by atoms with E-state index in [1.54, 1.807) is 0 Å². The Morgan fingerprint density at radius 2 is 1.92 bits per heavy atom. The first-order valence-electron chi connectivity index (χ1n) is 9.44. The SMILES string of the molecule is C=CS(=O)(=O)NCC#Cc1cn([C@H]2C[C@H](O)[C@@H](COP(=O)(O)OP(=O)(O)OP(=O)(O)O)O2)c(=O)nc1N. The number of nitrogens with one attached hydrogen (secondary N) is 1. The molecule has 0 aromatic carbocycles. The summed E-state index contributed by atoms with van der Waals surface area (Å²) in [6.45, 7) is 1.84. The van der Waals surface area contributed by atoms with E-state index in [9.17, 15) is 36.9 Å². The molecule has 8 N–H and O–H groups in total. The fourth-order valence-corrected chi connectivity index (χ4v) is 6.05. The van der Waals surface area contributed by atoms with Crippen molar-refractivity contribution in [3.05, 3.63) is 34.2 Å². The van der Waals surface area contributed by atoms with Crippen LogP contribution < -0.4 is 16.1 Å². The molecule has 0 spiro atoms. The van der Waals surface area contributed by atoms with E-state index in [1.165, 1.54) is 0 Å². The lowest BCUT2D eigenvalue weighted by Gasteiger charge is -2.19. The van der Waals surface area contributed by atoms with Gasteiger partial charge in [0.2, 0.25) is 10.0 Å². The first-order valence-corrected chi connectivity index (χ1v) is 15.5. The van der Waals surface area contributed by atoms with E-state index in [0.29, 0.717) is 5.41 Å². The summed E-state index contributed by atoms with van der Waals surface area (Å²) in [5, 5.41) is 10.9. The van der Waals surface area contributed by atoms with Crippen LogP contribution in [0.3, 0.4) is 0 Å². The number of nitrogens with zero attached hydrogens (tertiary/aromatic N) is 2. The lowest BCUT2D eigenvalue weighted by molar-refractivity contribution is -0.0449. The monoisotopic (exact) mass is 610 g/mol. The average molecular weight is 610 g/mol. The summed E-state index contributed by atoms with van der Waals surface area (Å²) in [4.78, 5) is 51.5. The minimum absolute atomic E-state index is 0.00722. The average Bonchev–Trinajstić information content (AvgIpc) is 3.08. The number of hydrogen-bond donors (Lipinski definition) is 7. The first kappa shape index (κ1) is 31.4. The fraction of sp³-hybridized carbons (Fsp3) is 0.429. The topological polar surface area (TPSA) is 296 Å². The van der Waals surface area contributed by atoms with E-state index in [1.807, 2.05) is 0 Å². The van der Waals surface area contributed by atoms with Crippen molar-refractivity contribution in [2.45, 2.75) is 24.9 Å². The lowest BCUT2D eigenvalue weighted by Crippen LogP contribution is -2.29. The van der Waals surface area contributed by atoms with Crippen molar-refractivity contribution in [1.29, 1.82) is 0 Å². The Labute approximate surface area is 208 Å². The smallest absolute Gasteiger partial charge is 0.390 e. The molecule has 0 radical (unpaired) electrons. The third-order valence-electron chi connectivity index (χ3n) is 4.12. The molecule has 1 saturated heterocycles. The van der Waals surface area contributed by atoms with E-state index in [0.717, 1.165) is 10.8 Å². The molecule has 2 unspecified atom stereocenters. The fourth-order valence-electron chi connectivity index (χ4n) is 2.63. The molecule has 23 heteroatoms. The van der Waals surface area contributed by atoms with Gasteiger partial charge in [-0.1, -0.05) is 18.4 Å². The zero-order chi connectivity index (χ0) is 28.2. The van der Waals surface area contributed by atoms with Crippen molar-refractivity contribution in [3.8, 4) is 11.8 Å². The molecule has 37 heavy (non-hydrogen) atoms. The molecule has 0 bridgehead atoms. The molecule has 1 aliphatic heterocycles. The Kier molecular flexibility index (Phi) is 10.2. The second kappa shape index (κ2) is 11.9. The molecule has 0 amide bonds. The Morgan fingerprint density at radius 1 is 1.27 bits per heavy atom. The highest BCUT2D eigenvalue weighted by molar-refractivity contribution is 7.92. The molecule has 5 atom stereocenters. The van der Waals surface area contributed by atoms with Gasteiger partial charge in [0.1, 0.15) is 18.1 Å². The third kappa shape index (κ3) is 10.1. The lowest BCUT2D eigenvalue weighted by atomic mass is 10.2. The summed E-state index contributed by atoms with van der Waals surface area (Å²) in [6.07, 6.45) is -3.19. The number of ether oxygens (including phenoxy) is 1. The van der Waals surface area contributed by atoms with Gasteiger partial charge in [-0.3, -0.25) is 9.09 Å². The van der Waals surface area contributed by atoms with Crippen molar-refractivity contribution >= 4 is 39.3 Å². The van der Waals surface area contributed by atoms with Crippen LogP contribution in [0.1, 0.15) is 18.2 Å². The van der Waals surface area contributed by atoms with E-state index < -0.39 is 64.2 Å². The standard InChI is InChI=1S/C14H21N4O15P3S/c1-2-37(28,29)16-5-3-4-9-7-18(14(20)17-13(9)15)12-6-10(19)11(31-12)8-30-35(24,25)33-36(26,27)32-34(21,22)23/h2,7,10-12,16,19H,1,5-6,8H2,(H,24,25)(H,26,27)(H2,15,17,20)(H2,21,22,23)/t10-,11+,12+/m0/s1. The maximum Gasteiger partial charge on any atom is 0.490 e. The number of rotatable bonds is 11. The number of aliphatic hydroxyl groups excluding tert-OH is 1. The summed E-state index contributed by atoms with van der Waals surface area (Å²) in [5.74, 6) is 4.66. The zero-order valence-corrected chi connectivity index (χ0v) is 21.8. The largest absolute Gasteiger partial charge is 0.490 e. The number of hydrogen-bond acceptors (Lipinski definition) is 13. The van der Waals surface area contributed by atoms with Crippen molar-refractivity contribution in [1.82, 2.24) is 14.3 Å². The van der Waals surface area contributed by atoms with Crippen molar-refractivity contribution in [2.24, 2.45) is 0 Å². The minimum atomic E-state index is -5.74. The first-order chi connectivity index (χ1) is 16.8. The molecule has 208 valence electrons. The third-order valence-corrected chi connectivity index (χ3v) is 8.91. The number of sulfonamides is 1. The number of aliphatic hydroxyl groups is 1. The highest BCUT2D eigenvalue weighted by Gasteiger charge is 2.43. The summed E-state index contributed by atoms with van der Waals surface area (Å²) in [6, 6.07) is 0. The highest BCUT2D eigenvalue weighted by atomic mass is 32.2. The van der Waals surface area contributed by atoms with Crippen LogP contribution in [0.2, 0.25) is 0 Å². The predicted octanol–water partition coefficient (Wildman–Crippen LogP) is -1.77. The van der Waals surface area contributed by atoms with Gasteiger partial charge in [-0.15, -0.1) is 0 Å². The number of phosphoric acid groups is 3. The van der Waals surface area contributed by atoms with Gasteiger partial charge in [-0.05, 0) is 0 Å². The summed E-state index contributed by atoms with van der Waals surface area (Å²) in [5.41, 5.74) is 4.72. The van der Waals surface area contributed by atoms with Crippen LogP contribution in [0.5, 0.6) is 0 Å². The van der Waals surface area contributed by atoms with Gasteiger partial charge in [0.05, 0.1) is 24.8 Å².